The van der Waals surface area contributed by atoms with Crippen molar-refractivity contribution in [2.24, 2.45) is 0 Å². The van der Waals surface area contributed by atoms with Crippen LogP contribution in [0.3, 0.4) is 0 Å². The molecule has 0 aliphatic heterocycles. The summed E-state index contributed by atoms with van der Waals surface area (Å²) in [4.78, 5) is 30.8. The van der Waals surface area contributed by atoms with E-state index in [-0.39, 0.29) is 34.3 Å². The number of aromatic nitrogens is 2. The lowest BCUT2D eigenvalue weighted by Crippen LogP contribution is -2.31. The average Bonchev–Trinajstić information content (AvgIpc) is 2.76. The number of nitrogens with zero attached hydrogens (tertiary/aromatic N) is 2. The van der Waals surface area contributed by atoms with E-state index in [2.05, 4.69) is 15.3 Å². The van der Waals surface area contributed by atoms with Crippen molar-refractivity contribution in [2.45, 2.75) is 33.2 Å². The Kier molecular flexibility index (Phi) is 7.31. The SMILES string of the molecule is CC.CC(C(=O)NCc1ncc(C#N)cc1F)c1cc2c(F)c(F)ccc2[nH]c1=O. The Morgan fingerprint density at radius 2 is 1.93 bits per heavy atom. The van der Waals surface area contributed by atoms with Crippen LogP contribution in [0, 0.1) is 28.8 Å². The molecule has 156 valence electrons. The number of amides is 1. The molecule has 0 spiro atoms. The Balaban J connectivity index is 0.00000155. The molecular formula is C21H19F3N4O2. The molecule has 30 heavy (non-hydrogen) atoms. The summed E-state index contributed by atoms with van der Waals surface area (Å²) in [5.41, 5.74) is -0.631. The minimum absolute atomic E-state index is 0.0397. The summed E-state index contributed by atoms with van der Waals surface area (Å²) in [6.45, 7) is 5.14. The first-order valence-corrected chi connectivity index (χ1v) is 9.15. The third-order valence-corrected chi connectivity index (χ3v) is 4.28. The molecule has 0 aliphatic carbocycles. The summed E-state index contributed by atoms with van der Waals surface area (Å²) >= 11 is 0. The minimum Gasteiger partial charge on any atom is -0.350 e. The van der Waals surface area contributed by atoms with E-state index in [1.54, 1.807) is 6.07 Å². The smallest absolute Gasteiger partial charge is 0.252 e. The van der Waals surface area contributed by atoms with E-state index in [4.69, 9.17) is 5.26 Å². The number of nitriles is 1. The number of halogens is 3. The van der Waals surface area contributed by atoms with Gasteiger partial charge in [0.15, 0.2) is 11.6 Å². The maximum absolute atomic E-state index is 14.0. The predicted molar refractivity (Wildman–Crippen MR) is 105 cm³/mol. The number of rotatable bonds is 4. The molecule has 6 nitrogen and oxygen atoms in total. The van der Waals surface area contributed by atoms with Crippen LogP contribution in [0.5, 0.6) is 0 Å². The van der Waals surface area contributed by atoms with Crippen molar-refractivity contribution in [1.29, 1.82) is 5.26 Å². The van der Waals surface area contributed by atoms with Crippen molar-refractivity contribution < 1.29 is 18.0 Å². The average molecular weight is 416 g/mol. The lowest BCUT2D eigenvalue weighted by atomic mass is 9.99. The number of hydrogen-bond donors (Lipinski definition) is 2. The molecule has 0 aliphatic rings. The number of nitrogens with one attached hydrogen (secondary N) is 2. The van der Waals surface area contributed by atoms with Crippen molar-refractivity contribution in [1.82, 2.24) is 15.3 Å². The van der Waals surface area contributed by atoms with Crippen molar-refractivity contribution in [2.75, 3.05) is 0 Å². The second-order valence-electron chi connectivity index (χ2n) is 6.08. The number of benzene rings is 1. The highest BCUT2D eigenvalue weighted by Gasteiger charge is 2.21. The van der Waals surface area contributed by atoms with Crippen LogP contribution in [0.25, 0.3) is 10.9 Å². The van der Waals surface area contributed by atoms with Gasteiger partial charge in [-0.1, -0.05) is 13.8 Å². The Bertz CT molecular complexity index is 1190. The van der Waals surface area contributed by atoms with Crippen molar-refractivity contribution in [3.8, 4) is 6.07 Å². The lowest BCUT2D eigenvalue weighted by molar-refractivity contribution is -0.122. The summed E-state index contributed by atoms with van der Waals surface area (Å²) < 4.78 is 41.2. The monoisotopic (exact) mass is 416 g/mol. The first-order valence-electron chi connectivity index (χ1n) is 9.15. The van der Waals surface area contributed by atoms with Crippen LogP contribution < -0.4 is 10.9 Å². The molecule has 2 aromatic heterocycles. The maximum Gasteiger partial charge on any atom is 0.252 e. The Morgan fingerprint density at radius 3 is 2.57 bits per heavy atom. The van der Waals surface area contributed by atoms with Gasteiger partial charge in [-0.15, -0.1) is 0 Å². The molecule has 3 rings (SSSR count). The summed E-state index contributed by atoms with van der Waals surface area (Å²) in [5, 5.41) is 11.0. The number of fused-ring (bicyclic) bond motifs is 1. The summed E-state index contributed by atoms with van der Waals surface area (Å²) in [7, 11) is 0. The first-order chi connectivity index (χ1) is 14.3. The van der Waals surface area contributed by atoms with E-state index in [1.165, 1.54) is 19.2 Å². The lowest BCUT2D eigenvalue weighted by Gasteiger charge is -2.13. The zero-order valence-electron chi connectivity index (χ0n) is 16.5. The van der Waals surface area contributed by atoms with Crippen LogP contribution in [0.4, 0.5) is 13.2 Å². The van der Waals surface area contributed by atoms with E-state index in [0.717, 1.165) is 18.2 Å². The quantitative estimate of drug-likeness (QED) is 0.678. The largest absolute Gasteiger partial charge is 0.350 e. The van der Waals surface area contributed by atoms with Crippen LogP contribution in [0.1, 0.15) is 43.5 Å². The molecule has 1 amide bonds. The Labute approximate surface area is 170 Å². The summed E-state index contributed by atoms with van der Waals surface area (Å²) in [6.07, 6.45) is 1.17. The molecule has 1 unspecified atom stereocenters. The number of aromatic amines is 1. The highest BCUT2D eigenvalue weighted by Crippen LogP contribution is 2.21. The standard InChI is InChI=1S/C19H13F3N4O2.C2H6/c1-9(18(27)25-8-16-14(21)4-10(6-23)7-24-16)11-5-12-15(26-19(11)28)3-2-13(20)17(12)22;1-2/h2-5,7,9H,8H2,1H3,(H,25,27)(H,26,28);1-2H3. The molecule has 0 saturated carbocycles. The topological polar surface area (TPSA) is 98.6 Å². The van der Waals surface area contributed by atoms with Crippen LogP contribution in [0.2, 0.25) is 0 Å². The molecule has 0 fully saturated rings. The number of H-pyrrole nitrogens is 1. The second-order valence-corrected chi connectivity index (χ2v) is 6.08. The second kappa shape index (κ2) is 9.69. The van der Waals surface area contributed by atoms with Gasteiger partial charge in [0, 0.05) is 17.1 Å². The molecular weight excluding hydrogens is 397 g/mol. The third kappa shape index (κ3) is 4.66. The van der Waals surface area contributed by atoms with E-state index >= 15 is 0 Å². The molecule has 2 heterocycles. The third-order valence-electron chi connectivity index (χ3n) is 4.28. The van der Waals surface area contributed by atoms with Gasteiger partial charge in [-0.3, -0.25) is 14.6 Å². The molecule has 1 aromatic carbocycles. The minimum atomic E-state index is -1.13. The first kappa shape index (κ1) is 22.6. The van der Waals surface area contributed by atoms with Crippen LogP contribution in [-0.4, -0.2) is 15.9 Å². The molecule has 1 atom stereocenters. The van der Waals surface area contributed by atoms with Gasteiger partial charge < -0.3 is 10.3 Å². The molecule has 3 aromatic rings. The van der Waals surface area contributed by atoms with Crippen molar-refractivity contribution in [3.05, 3.63) is 75.1 Å². The fraction of sp³-hybridized carbons (Fsp3) is 0.238. The maximum atomic E-state index is 14.0. The number of hydrogen-bond acceptors (Lipinski definition) is 4. The number of carbonyl (C=O) groups excluding carboxylic acids is 1. The van der Waals surface area contributed by atoms with Crippen molar-refractivity contribution in [3.63, 3.8) is 0 Å². The Hall–Kier alpha value is -3.67. The van der Waals surface area contributed by atoms with Gasteiger partial charge >= 0.3 is 0 Å². The van der Waals surface area contributed by atoms with Gasteiger partial charge in [-0.05, 0) is 31.2 Å². The fourth-order valence-electron chi connectivity index (χ4n) is 2.68. The summed E-state index contributed by atoms with van der Waals surface area (Å²) in [6, 6.07) is 5.97. The van der Waals surface area contributed by atoms with Gasteiger partial charge in [0.1, 0.15) is 11.9 Å². The fourth-order valence-corrected chi connectivity index (χ4v) is 2.68. The van der Waals surface area contributed by atoms with E-state index < -0.39 is 34.8 Å². The highest BCUT2D eigenvalue weighted by molar-refractivity contribution is 5.86. The van der Waals surface area contributed by atoms with Gasteiger partial charge in [-0.2, -0.15) is 5.26 Å². The normalized spacial score (nSPS) is 11.2. The summed E-state index contributed by atoms with van der Waals surface area (Å²) in [5.74, 6) is -4.62. The molecule has 2 N–H and O–H groups in total. The molecule has 9 heteroatoms. The zero-order valence-corrected chi connectivity index (χ0v) is 16.5. The number of pyridine rings is 2. The highest BCUT2D eigenvalue weighted by atomic mass is 19.2. The van der Waals surface area contributed by atoms with Crippen LogP contribution in [0.15, 0.2) is 35.3 Å². The predicted octanol–water partition coefficient (Wildman–Crippen LogP) is 3.66. The van der Waals surface area contributed by atoms with E-state index in [0.29, 0.717) is 0 Å². The Morgan fingerprint density at radius 1 is 1.23 bits per heavy atom. The zero-order chi connectivity index (χ0) is 22.4. The van der Waals surface area contributed by atoms with Crippen molar-refractivity contribution >= 4 is 16.8 Å². The molecule has 0 bridgehead atoms. The molecule has 0 radical (unpaired) electrons. The van der Waals surface area contributed by atoms with Gasteiger partial charge in [0.2, 0.25) is 5.91 Å². The van der Waals surface area contributed by atoms with Gasteiger partial charge in [0.05, 0.1) is 29.2 Å². The molecule has 0 saturated heterocycles. The van der Waals surface area contributed by atoms with Gasteiger partial charge in [0.25, 0.3) is 5.56 Å². The number of carbonyl (C=O) groups is 1. The van der Waals surface area contributed by atoms with Crippen LogP contribution >= 0.6 is 0 Å². The van der Waals surface area contributed by atoms with E-state index in [9.17, 15) is 22.8 Å². The van der Waals surface area contributed by atoms with E-state index in [1.807, 2.05) is 13.8 Å². The van der Waals surface area contributed by atoms with Gasteiger partial charge in [-0.25, -0.2) is 13.2 Å². The van der Waals surface area contributed by atoms with Crippen LogP contribution in [-0.2, 0) is 11.3 Å².